The molecule has 1 saturated heterocycles. The average molecular weight is 883 g/mol. The van der Waals surface area contributed by atoms with Gasteiger partial charge in [0.05, 0.1) is 19.8 Å². The molecule has 4 N–H and O–H groups in total. The van der Waals surface area contributed by atoms with Crippen molar-refractivity contribution in [2.75, 3.05) is 26.4 Å². The molecule has 0 spiro atoms. The van der Waals surface area contributed by atoms with Gasteiger partial charge in [0.15, 0.2) is 6.29 Å². The van der Waals surface area contributed by atoms with E-state index in [0.29, 0.717) is 6.61 Å². The second-order valence-electron chi connectivity index (χ2n) is 16.5. The third-order valence-electron chi connectivity index (χ3n) is 10.7. The summed E-state index contributed by atoms with van der Waals surface area (Å²) in [7, 11) is 0. The Morgan fingerprint density at radius 1 is 0.524 bits per heavy atom. The van der Waals surface area contributed by atoms with Crippen LogP contribution in [0.4, 0.5) is 0 Å². The van der Waals surface area contributed by atoms with E-state index in [1.807, 2.05) is 0 Å². The number of esters is 1. The minimum Gasteiger partial charge on any atom is -0.457 e. The number of allylic oxidation sites excluding steroid dienone is 16. The molecule has 1 heterocycles. The van der Waals surface area contributed by atoms with E-state index < -0.39 is 43.4 Å². The zero-order valence-electron chi connectivity index (χ0n) is 39.5. The van der Waals surface area contributed by atoms with E-state index in [-0.39, 0.29) is 25.6 Å². The first-order valence-corrected chi connectivity index (χ1v) is 24.8. The van der Waals surface area contributed by atoms with Gasteiger partial charge in [-0.2, -0.15) is 0 Å². The Hall–Kier alpha value is -2.89. The van der Waals surface area contributed by atoms with Gasteiger partial charge in [0.25, 0.3) is 0 Å². The molecule has 1 aliphatic rings. The lowest BCUT2D eigenvalue weighted by molar-refractivity contribution is -0.305. The van der Waals surface area contributed by atoms with Crippen LogP contribution in [0.5, 0.6) is 0 Å². The molecule has 0 bridgehead atoms. The van der Waals surface area contributed by atoms with Crippen LogP contribution in [0.25, 0.3) is 0 Å². The molecule has 0 radical (unpaired) electrons. The summed E-state index contributed by atoms with van der Waals surface area (Å²) >= 11 is 0. The Kier molecular flexibility index (Phi) is 40.9. The summed E-state index contributed by atoms with van der Waals surface area (Å²) in [5, 5.41) is 40.2. The minimum absolute atomic E-state index is 0.121. The number of carbonyl (C=O) groups is 1. The van der Waals surface area contributed by atoms with Gasteiger partial charge in [-0.15, -0.1) is 0 Å². The van der Waals surface area contributed by atoms with Gasteiger partial charge in [0.2, 0.25) is 0 Å². The molecule has 0 amide bonds. The van der Waals surface area contributed by atoms with Crippen molar-refractivity contribution >= 4 is 5.97 Å². The smallest absolute Gasteiger partial charge is 0.306 e. The Morgan fingerprint density at radius 3 is 1.46 bits per heavy atom. The number of unbranched alkanes of at least 4 members (excludes halogenated alkanes) is 14. The van der Waals surface area contributed by atoms with E-state index in [2.05, 4.69) is 111 Å². The SMILES string of the molecule is CC/C=C\C/C=C\C/C=C\C/C=C\C/C=C\C/C=C\CCCCCCC(=O)OC(COCCCCCCCC/C=C\C/C=C\CCCCCC)COC1OC(CO)C(O)C(O)C1O. The van der Waals surface area contributed by atoms with Crippen molar-refractivity contribution in [2.45, 2.75) is 211 Å². The lowest BCUT2D eigenvalue weighted by Crippen LogP contribution is -2.59. The van der Waals surface area contributed by atoms with Gasteiger partial charge in [-0.3, -0.25) is 4.79 Å². The van der Waals surface area contributed by atoms with E-state index >= 15 is 0 Å². The first-order chi connectivity index (χ1) is 30.9. The molecule has 63 heavy (non-hydrogen) atoms. The summed E-state index contributed by atoms with van der Waals surface area (Å²) in [5.74, 6) is -0.345. The molecular weight excluding hydrogens is 793 g/mol. The average Bonchev–Trinajstić information content (AvgIpc) is 3.28. The van der Waals surface area contributed by atoms with Crippen LogP contribution in [0.1, 0.15) is 174 Å². The van der Waals surface area contributed by atoms with Crippen molar-refractivity contribution in [1.82, 2.24) is 0 Å². The lowest BCUT2D eigenvalue weighted by atomic mass is 9.99. The number of aliphatic hydroxyl groups excluding tert-OH is 4. The molecule has 6 unspecified atom stereocenters. The fourth-order valence-electron chi connectivity index (χ4n) is 6.88. The Labute approximate surface area is 383 Å². The standard InChI is InChI=1S/C54H90O9/c1-3-5-7-9-11-13-15-17-19-21-22-23-24-25-26-27-29-31-33-35-37-39-41-43-50(56)62-48(47-61-54-53(59)52(58)51(57)49(45-55)63-54)46-60-44-42-40-38-36-34-32-30-28-20-18-16-14-12-10-8-6-4-2/h5,7,11,13-14,16-17,19-20,22-23,25-26,28-29,31,48-49,51-55,57-59H,3-4,6,8-10,12,15,18,21,24,27,30,32-47H2,1-2H3/b7-5-,13-11-,16-14-,19-17-,23-22-,26-25-,28-20-,31-29-. The number of rotatable bonds is 41. The van der Waals surface area contributed by atoms with Gasteiger partial charge in [-0.05, 0) is 96.3 Å². The van der Waals surface area contributed by atoms with E-state index in [4.69, 9.17) is 18.9 Å². The van der Waals surface area contributed by atoms with Crippen LogP contribution in [-0.2, 0) is 23.7 Å². The van der Waals surface area contributed by atoms with Crippen molar-refractivity contribution in [3.05, 3.63) is 97.2 Å². The summed E-state index contributed by atoms with van der Waals surface area (Å²) in [4.78, 5) is 12.8. The van der Waals surface area contributed by atoms with Crippen molar-refractivity contribution in [3.63, 3.8) is 0 Å². The molecule has 0 saturated carbocycles. The molecule has 0 aliphatic carbocycles. The Bertz CT molecular complexity index is 1280. The first kappa shape index (κ1) is 58.1. The van der Waals surface area contributed by atoms with Crippen LogP contribution < -0.4 is 0 Å². The second-order valence-corrected chi connectivity index (χ2v) is 16.5. The van der Waals surface area contributed by atoms with Gasteiger partial charge in [-0.25, -0.2) is 0 Å². The monoisotopic (exact) mass is 883 g/mol. The molecule has 1 rings (SSSR count). The molecule has 0 aromatic rings. The highest BCUT2D eigenvalue weighted by Gasteiger charge is 2.44. The lowest BCUT2D eigenvalue weighted by Gasteiger charge is -2.39. The van der Waals surface area contributed by atoms with Gasteiger partial charge in [-0.1, -0.05) is 169 Å². The number of aliphatic hydroxyl groups is 4. The van der Waals surface area contributed by atoms with Crippen LogP contribution in [0.3, 0.4) is 0 Å². The van der Waals surface area contributed by atoms with Crippen molar-refractivity contribution < 1.29 is 44.2 Å². The zero-order valence-corrected chi connectivity index (χ0v) is 39.5. The van der Waals surface area contributed by atoms with Crippen molar-refractivity contribution in [1.29, 1.82) is 0 Å². The zero-order chi connectivity index (χ0) is 45.7. The summed E-state index contributed by atoms with van der Waals surface area (Å²) < 4.78 is 22.8. The topological polar surface area (TPSA) is 135 Å². The highest BCUT2D eigenvalue weighted by atomic mass is 16.7. The Balaban J connectivity index is 2.27. The predicted molar refractivity (Wildman–Crippen MR) is 260 cm³/mol. The number of carbonyl (C=O) groups excluding carboxylic acids is 1. The first-order valence-electron chi connectivity index (χ1n) is 24.8. The fourth-order valence-corrected chi connectivity index (χ4v) is 6.88. The molecule has 0 aromatic heterocycles. The van der Waals surface area contributed by atoms with E-state index in [1.165, 1.54) is 51.4 Å². The number of ether oxygens (including phenoxy) is 4. The van der Waals surface area contributed by atoms with Crippen LogP contribution in [0.2, 0.25) is 0 Å². The molecule has 9 nitrogen and oxygen atoms in total. The molecular formula is C54H90O9. The number of hydrogen-bond acceptors (Lipinski definition) is 9. The summed E-state index contributed by atoms with van der Waals surface area (Å²) in [5.41, 5.74) is 0. The molecule has 1 fully saturated rings. The highest BCUT2D eigenvalue weighted by Crippen LogP contribution is 2.22. The van der Waals surface area contributed by atoms with Crippen molar-refractivity contribution in [2.24, 2.45) is 0 Å². The van der Waals surface area contributed by atoms with Gasteiger partial charge in [0.1, 0.15) is 30.5 Å². The molecule has 1 aliphatic heterocycles. The van der Waals surface area contributed by atoms with Crippen LogP contribution in [-0.4, -0.2) is 89.6 Å². The molecule has 360 valence electrons. The Morgan fingerprint density at radius 2 is 0.968 bits per heavy atom. The van der Waals surface area contributed by atoms with Crippen LogP contribution in [0, 0.1) is 0 Å². The van der Waals surface area contributed by atoms with Gasteiger partial charge in [0, 0.05) is 13.0 Å². The van der Waals surface area contributed by atoms with E-state index in [9.17, 15) is 25.2 Å². The third-order valence-corrected chi connectivity index (χ3v) is 10.7. The number of hydrogen-bond donors (Lipinski definition) is 4. The van der Waals surface area contributed by atoms with E-state index in [1.54, 1.807) is 0 Å². The molecule has 9 heteroatoms. The van der Waals surface area contributed by atoms with Gasteiger partial charge >= 0.3 is 5.97 Å². The van der Waals surface area contributed by atoms with Gasteiger partial charge < -0.3 is 39.4 Å². The largest absolute Gasteiger partial charge is 0.457 e. The second kappa shape index (κ2) is 44.3. The van der Waals surface area contributed by atoms with E-state index in [0.717, 1.165) is 103 Å². The van der Waals surface area contributed by atoms with Crippen LogP contribution in [0.15, 0.2) is 97.2 Å². The maximum absolute atomic E-state index is 12.8. The maximum atomic E-state index is 12.8. The summed E-state index contributed by atoms with van der Waals surface area (Å²) in [6.07, 6.45) is 54.3. The summed E-state index contributed by atoms with van der Waals surface area (Å²) in [6.45, 7) is 4.36. The normalized spacial score (nSPS) is 20.5. The quantitative estimate of drug-likeness (QED) is 0.0269. The third kappa shape index (κ3) is 35.1. The van der Waals surface area contributed by atoms with Crippen molar-refractivity contribution in [3.8, 4) is 0 Å². The maximum Gasteiger partial charge on any atom is 0.306 e. The van der Waals surface area contributed by atoms with Crippen LogP contribution >= 0.6 is 0 Å². The predicted octanol–water partition coefficient (Wildman–Crippen LogP) is 12.0. The minimum atomic E-state index is -1.55. The fraction of sp³-hybridized carbons (Fsp3) is 0.685. The highest BCUT2D eigenvalue weighted by molar-refractivity contribution is 5.69. The summed E-state index contributed by atoms with van der Waals surface area (Å²) in [6, 6.07) is 0. The molecule has 0 aromatic carbocycles. The molecule has 6 atom stereocenters.